The van der Waals surface area contributed by atoms with Crippen LogP contribution in [0.1, 0.15) is 22.3 Å². The molecule has 2 heterocycles. The highest BCUT2D eigenvalue weighted by molar-refractivity contribution is 6.30. The molecule has 1 saturated heterocycles. The van der Waals surface area contributed by atoms with Crippen molar-refractivity contribution in [3.63, 3.8) is 0 Å². The first-order chi connectivity index (χ1) is 13.1. The van der Waals surface area contributed by atoms with E-state index in [2.05, 4.69) is 20.4 Å². The Morgan fingerprint density at radius 3 is 2.67 bits per heavy atom. The van der Waals surface area contributed by atoms with Crippen LogP contribution in [0.15, 0.2) is 54.6 Å². The molecule has 138 valence electrons. The Morgan fingerprint density at radius 1 is 1.19 bits per heavy atom. The molecule has 0 bridgehead atoms. The predicted octanol–water partition coefficient (Wildman–Crippen LogP) is 4.05. The molecule has 1 amide bonds. The van der Waals surface area contributed by atoms with Gasteiger partial charge in [-0.3, -0.25) is 9.89 Å². The first-order valence-corrected chi connectivity index (χ1v) is 9.40. The van der Waals surface area contributed by atoms with E-state index >= 15 is 0 Å². The van der Waals surface area contributed by atoms with Crippen LogP contribution in [0, 0.1) is 6.92 Å². The molecule has 0 saturated carbocycles. The summed E-state index contributed by atoms with van der Waals surface area (Å²) in [6, 6.07) is 17.5. The van der Waals surface area contributed by atoms with Gasteiger partial charge in [0.25, 0.3) is 5.91 Å². The molecule has 2 aromatic carbocycles. The van der Waals surface area contributed by atoms with Crippen molar-refractivity contribution in [2.45, 2.75) is 19.4 Å². The lowest BCUT2D eigenvalue weighted by Crippen LogP contribution is -2.37. The first kappa shape index (κ1) is 17.6. The Balaban J connectivity index is 1.39. The van der Waals surface area contributed by atoms with E-state index in [1.54, 1.807) is 0 Å². The summed E-state index contributed by atoms with van der Waals surface area (Å²) in [6.45, 7) is 3.63. The fourth-order valence-electron chi connectivity index (χ4n) is 3.31. The number of hydrogen-bond donors (Lipinski definition) is 2. The van der Waals surface area contributed by atoms with Crippen LogP contribution in [-0.2, 0) is 0 Å². The molecule has 27 heavy (non-hydrogen) atoms. The number of nitrogens with zero attached hydrogens (tertiary/aromatic N) is 2. The number of rotatable bonds is 4. The van der Waals surface area contributed by atoms with Crippen LogP contribution in [0.3, 0.4) is 0 Å². The lowest BCUT2D eigenvalue weighted by Gasteiger charge is -2.16. The Kier molecular flexibility index (Phi) is 4.86. The van der Waals surface area contributed by atoms with Crippen LogP contribution >= 0.6 is 11.6 Å². The maximum absolute atomic E-state index is 12.4. The van der Waals surface area contributed by atoms with E-state index in [0.29, 0.717) is 10.6 Å². The largest absolute Gasteiger partial charge is 0.353 e. The standard InChI is InChI=1S/C21H21ClN4O/c1-14-2-4-16(5-3-14)21(27)23-18-10-11-26(13-18)20-12-19(24-25-20)15-6-8-17(22)9-7-15/h2-9,12,18H,10-11,13H2,1H3,(H,23,27)(H,24,25). The number of aromatic nitrogens is 2. The van der Waals surface area contributed by atoms with Gasteiger partial charge in [-0.1, -0.05) is 41.4 Å². The van der Waals surface area contributed by atoms with E-state index in [-0.39, 0.29) is 11.9 Å². The van der Waals surface area contributed by atoms with E-state index < -0.39 is 0 Å². The van der Waals surface area contributed by atoms with Crippen molar-refractivity contribution in [2.75, 3.05) is 18.0 Å². The van der Waals surface area contributed by atoms with Crippen LogP contribution in [0.2, 0.25) is 5.02 Å². The number of carbonyl (C=O) groups excluding carboxylic acids is 1. The molecule has 1 aromatic heterocycles. The average Bonchev–Trinajstić information content (AvgIpc) is 3.32. The third kappa shape index (κ3) is 3.98. The van der Waals surface area contributed by atoms with Gasteiger partial charge in [0.15, 0.2) is 5.82 Å². The van der Waals surface area contributed by atoms with Crippen LogP contribution < -0.4 is 10.2 Å². The van der Waals surface area contributed by atoms with Crippen LogP contribution in [0.4, 0.5) is 5.82 Å². The topological polar surface area (TPSA) is 61.0 Å². The van der Waals surface area contributed by atoms with Crippen molar-refractivity contribution >= 4 is 23.3 Å². The maximum Gasteiger partial charge on any atom is 0.251 e. The van der Waals surface area contributed by atoms with Gasteiger partial charge in [0, 0.05) is 35.8 Å². The fourth-order valence-corrected chi connectivity index (χ4v) is 3.44. The Labute approximate surface area is 163 Å². The number of aryl methyl sites for hydroxylation is 1. The molecule has 3 aromatic rings. The lowest BCUT2D eigenvalue weighted by atomic mass is 10.1. The summed E-state index contributed by atoms with van der Waals surface area (Å²) in [5.74, 6) is 0.873. The Morgan fingerprint density at radius 2 is 1.93 bits per heavy atom. The summed E-state index contributed by atoms with van der Waals surface area (Å²) in [4.78, 5) is 14.6. The third-order valence-electron chi connectivity index (χ3n) is 4.88. The smallest absolute Gasteiger partial charge is 0.251 e. The van der Waals surface area contributed by atoms with Crippen molar-refractivity contribution in [1.82, 2.24) is 15.5 Å². The average molecular weight is 381 g/mol. The minimum absolute atomic E-state index is 0.0225. The number of H-pyrrole nitrogens is 1. The third-order valence-corrected chi connectivity index (χ3v) is 5.13. The van der Waals surface area contributed by atoms with Crippen molar-refractivity contribution in [3.05, 3.63) is 70.7 Å². The minimum atomic E-state index is -0.0225. The number of halogens is 1. The van der Waals surface area contributed by atoms with Crippen molar-refractivity contribution < 1.29 is 4.79 Å². The molecule has 6 heteroatoms. The second-order valence-electron chi connectivity index (χ2n) is 6.92. The van der Waals surface area contributed by atoms with Gasteiger partial charge in [-0.15, -0.1) is 0 Å². The van der Waals surface area contributed by atoms with E-state index in [1.165, 1.54) is 0 Å². The minimum Gasteiger partial charge on any atom is -0.353 e. The summed E-state index contributed by atoms with van der Waals surface area (Å²) in [6.07, 6.45) is 0.904. The number of carbonyl (C=O) groups is 1. The molecule has 5 nitrogen and oxygen atoms in total. The number of anilines is 1. The van der Waals surface area contributed by atoms with Crippen LogP contribution in [-0.4, -0.2) is 35.2 Å². The lowest BCUT2D eigenvalue weighted by molar-refractivity contribution is 0.0940. The summed E-state index contributed by atoms with van der Waals surface area (Å²) in [5.41, 5.74) is 3.84. The molecule has 2 N–H and O–H groups in total. The maximum atomic E-state index is 12.4. The fraction of sp³-hybridized carbons (Fsp3) is 0.238. The number of amides is 1. The highest BCUT2D eigenvalue weighted by Gasteiger charge is 2.26. The van der Waals surface area contributed by atoms with Gasteiger partial charge >= 0.3 is 0 Å². The van der Waals surface area contributed by atoms with Gasteiger partial charge in [-0.05, 0) is 43.2 Å². The van der Waals surface area contributed by atoms with Crippen LogP contribution in [0.5, 0.6) is 0 Å². The Hall–Kier alpha value is -2.79. The second-order valence-corrected chi connectivity index (χ2v) is 7.35. The summed E-state index contributed by atoms with van der Waals surface area (Å²) in [5, 5.41) is 11.4. The molecule has 0 aliphatic carbocycles. The number of nitrogens with one attached hydrogen (secondary N) is 2. The summed E-state index contributed by atoms with van der Waals surface area (Å²) >= 11 is 5.95. The number of benzene rings is 2. The molecule has 1 aliphatic heterocycles. The molecule has 0 radical (unpaired) electrons. The van der Waals surface area contributed by atoms with Gasteiger partial charge in [-0.2, -0.15) is 5.10 Å². The van der Waals surface area contributed by atoms with Crippen LogP contribution in [0.25, 0.3) is 11.3 Å². The van der Waals surface area contributed by atoms with Gasteiger partial charge in [0.1, 0.15) is 0 Å². The van der Waals surface area contributed by atoms with Gasteiger partial charge < -0.3 is 10.2 Å². The number of hydrogen-bond acceptors (Lipinski definition) is 3. The zero-order valence-corrected chi connectivity index (χ0v) is 15.8. The van der Waals surface area contributed by atoms with E-state index in [9.17, 15) is 4.79 Å². The summed E-state index contributed by atoms with van der Waals surface area (Å²) in [7, 11) is 0. The zero-order chi connectivity index (χ0) is 18.8. The van der Waals surface area contributed by atoms with E-state index in [0.717, 1.165) is 42.1 Å². The van der Waals surface area contributed by atoms with E-state index in [4.69, 9.17) is 11.6 Å². The number of aromatic amines is 1. The summed E-state index contributed by atoms with van der Waals surface area (Å²) < 4.78 is 0. The monoisotopic (exact) mass is 380 g/mol. The SMILES string of the molecule is Cc1ccc(C(=O)NC2CCN(c3cc(-c4ccc(Cl)cc4)[nH]n3)C2)cc1. The zero-order valence-electron chi connectivity index (χ0n) is 15.1. The van der Waals surface area contributed by atoms with E-state index in [1.807, 2.05) is 61.5 Å². The molecule has 1 aliphatic rings. The molecule has 1 fully saturated rings. The molecular formula is C21H21ClN4O. The van der Waals surface area contributed by atoms with Crippen molar-refractivity contribution in [3.8, 4) is 11.3 Å². The van der Waals surface area contributed by atoms with Crippen molar-refractivity contribution in [1.29, 1.82) is 0 Å². The first-order valence-electron chi connectivity index (χ1n) is 9.02. The highest BCUT2D eigenvalue weighted by Crippen LogP contribution is 2.25. The quantitative estimate of drug-likeness (QED) is 0.717. The normalized spacial score (nSPS) is 16.5. The van der Waals surface area contributed by atoms with Crippen molar-refractivity contribution in [2.24, 2.45) is 0 Å². The highest BCUT2D eigenvalue weighted by atomic mass is 35.5. The van der Waals surface area contributed by atoms with Gasteiger partial charge in [0.05, 0.1) is 5.69 Å². The molecule has 1 unspecified atom stereocenters. The second kappa shape index (κ2) is 7.45. The molecule has 1 atom stereocenters. The Bertz CT molecular complexity index is 934. The molecule has 4 rings (SSSR count). The van der Waals surface area contributed by atoms with Gasteiger partial charge in [0.2, 0.25) is 0 Å². The molecular weight excluding hydrogens is 360 g/mol. The van der Waals surface area contributed by atoms with Gasteiger partial charge in [-0.25, -0.2) is 0 Å². The molecule has 0 spiro atoms. The predicted molar refractivity (Wildman–Crippen MR) is 108 cm³/mol.